The molecule has 10 heavy (non-hydrogen) atoms. The van der Waals surface area contributed by atoms with E-state index in [0.717, 1.165) is 12.1 Å². The molecule has 0 bridgehead atoms. The van der Waals surface area contributed by atoms with Crippen LogP contribution in [-0.4, -0.2) is 23.5 Å². The first-order valence-corrected chi connectivity index (χ1v) is 3.38. The van der Waals surface area contributed by atoms with E-state index in [9.17, 15) is 0 Å². The Kier molecular flexibility index (Phi) is 3.36. The normalized spacial score (nSPS) is 13.8. The van der Waals surface area contributed by atoms with Gasteiger partial charge in [-0.25, -0.2) is 0 Å². The van der Waals surface area contributed by atoms with E-state index in [-0.39, 0.29) is 5.54 Å². The molecule has 0 aliphatic carbocycles. The van der Waals surface area contributed by atoms with Crippen LogP contribution in [-0.2, 0) is 0 Å². The Labute approximate surface area is 62.1 Å². The fraction of sp³-hybridized carbons (Fsp3) is 0.857. The molecule has 0 aromatic heterocycles. The predicted octanol–water partition coefficient (Wildman–Crippen LogP) is 1.22. The lowest BCUT2D eigenvalue weighted by atomic mass is 9.98. The van der Waals surface area contributed by atoms with Gasteiger partial charge in [-0.15, -0.1) is 0 Å². The van der Waals surface area contributed by atoms with Crippen LogP contribution in [0.15, 0.2) is 5.16 Å². The van der Waals surface area contributed by atoms with E-state index in [2.05, 4.69) is 24.3 Å². The molecule has 2 N–H and O–H groups in total. The smallest absolute Gasteiger partial charge is 0.0558 e. The summed E-state index contributed by atoms with van der Waals surface area (Å²) < 4.78 is 0. The molecule has 0 fully saturated rings. The van der Waals surface area contributed by atoms with Crippen LogP contribution in [0.1, 0.15) is 27.2 Å². The fourth-order valence-corrected chi connectivity index (χ4v) is 0.763. The molecular weight excluding hydrogens is 128 g/mol. The highest BCUT2D eigenvalue weighted by Crippen LogP contribution is 2.07. The lowest BCUT2D eigenvalue weighted by molar-refractivity contribution is 0.313. The number of oxime groups is 1. The Hall–Kier alpha value is -0.570. The summed E-state index contributed by atoms with van der Waals surface area (Å²) in [5.74, 6) is 0. The van der Waals surface area contributed by atoms with Crippen LogP contribution >= 0.6 is 0 Å². The van der Waals surface area contributed by atoms with Crippen molar-refractivity contribution in [3.05, 3.63) is 0 Å². The number of nitrogens with one attached hydrogen (secondary N) is 1. The zero-order valence-electron chi connectivity index (χ0n) is 7.10. The van der Waals surface area contributed by atoms with Crippen LogP contribution in [0, 0.1) is 0 Å². The highest BCUT2D eigenvalue weighted by Gasteiger charge is 2.15. The molecule has 0 aromatic carbocycles. The van der Waals surface area contributed by atoms with E-state index in [4.69, 9.17) is 5.21 Å². The number of hydrogen-bond acceptors (Lipinski definition) is 3. The van der Waals surface area contributed by atoms with Crippen molar-refractivity contribution in [2.75, 3.05) is 7.05 Å². The minimum atomic E-state index is 0.0241. The van der Waals surface area contributed by atoms with Gasteiger partial charge < -0.3 is 10.5 Å². The van der Waals surface area contributed by atoms with Gasteiger partial charge >= 0.3 is 0 Å². The van der Waals surface area contributed by atoms with Crippen molar-refractivity contribution < 1.29 is 5.21 Å². The van der Waals surface area contributed by atoms with E-state index in [1.54, 1.807) is 6.92 Å². The molecule has 0 saturated carbocycles. The summed E-state index contributed by atoms with van der Waals surface area (Å²) in [6, 6.07) is 0. The minimum absolute atomic E-state index is 0.0241. The molecule has 0 aliphatic rings. The molecule has 0 atom stereocenters. The van der Waals surface area contributed by atoms with Gasteiger partial charge in [-0.2, -0.15) is 0 Å². The van der Waals surface area contributed by atoms with Crippen LogP contribution in [0.2, 0.25) is 0 Å². The molecule has 0 heterocycles. The molecule has 0 unspecified atom stereocenters. The van der Waals surface area contributed by atoms with Crippen molar-refractivity contribution in [1.29, 1.82) is 0 Å². The Morgan fingerprint density at radius 3 is 2.40 bits per heavy atom. The summed E-state index contributed by atoms with van der Waals surface area (Å²) in [4.78, 5) is 0. The first-order chi connectivity index (χ1) is 4.52. The maximum absolute atomic E-state index is 8.35. The quantitative estimate of drug-likeness (QED) is 0.355. The molecule has 0 spiro atoms. The second-order valence-electron chi connectivity index (χ2n) is 3.15. The molecule has 3 heteroatoms. The van der Waals surface area contributed by atoms with Crippen LogP contribution in [0.5, 0.6) is 0 Å². The van der Waals surface area contributed by atoms with Crippen LogP contribution in [0.3, 0.4) is 0 Å². The Bertz CT molecular complexity index is 130. The third-order valence-electron chi connectivity index (χ3n) is 1.55. The second kappa shape index (κ2) is 3.56. The summed E-state index contributed by atoms with van der Waals surface area (Å²) >= 11 is 0. The average Bonchev–Trinajstić information content (AvgIpc) is 1.87. The average molecular weight is 144 g/mol. The Morgan fingerprint density at radius 2 is 2.10 bits per heavy atom. The largest absolute Gasteiger partial charge is 0.411 e. The summed E-state index contributed by atoms with van der Waals surface area (Å²) in [5.41, 5.74) is 0.774. The Morgan fingerprint density at radius 1 is 1.60 bits per heavy atom. The van der Waals surface area contributed by atoms with Crippen molar-refractivity contribution >= 4 is 5.71 Å². The lowest BCUT2D eigenvalue weighted by Gasteiger charge is -2.22. The zero-order chi connectivity index (χ0) is 8.20. The number of nitrogens with zero attached hydrogens (tertiary/aromatic N) is 1. The SMILES string of the molecule is CNC(C)(C)C/C(C)=N/O. The number of hydrogen-bond donors (Lipinski definition) is 2. The lowest BCUT2D eigenvalue weighted by Crippen LogP contribution is -2.37. The highest BCUT2D eigenvalue weighted by molar-refractivity contribution is 5.82. The first kappa shape index (κ1) is 9.43. The molecule has 0 amide bonds. The molecule has 3 nitrogen and oxygen atoms in total. The van der Waals surface area contributed by atoms with E-state index >= 15 is 0 Å². The van der Waals surface area contributed by atoms with E-state index in [1.165, 1.54) is 0 Å². The standard InChI is InChI=1S/C7H16N2O/c1-6(9-10)5-7(2,3)8-4/h8,10H,5H2,1-4H3/b9-6+. The van der Waals surface area contributed by atoms with Gasteiger partial charge in [0.05, 0.1) is 5.71 Å². The zero-order valence-corrected chi connectivity index (χ0v) is 7.10. The third-order valence-corrected chi connectivity index (χ3v) is 1.55. The van der Waals surface area contributed by atoms with Crippen LogP contribution in [0.25, 0.3) is 0 Å². The monoisotopic (exact) mass is 144 g/mol. The minimum Gasteiger partial charge on any atom is -0.411 e. The van der Waals surface area contributed by atoms with Gasteiger partial charge in [0.1, 0.15) is 0 Å². The summed E-state index contributed by atoms with van der Waals surface area (Å²) in [5, 5.41) is 14.6. The second-order valence-corrected chi connectivity index (χ2v) is 3.15. The molecule has 0 rings (SSSR count). The summed E-state index contributed by atoms with van der Waals surface area (Å²) in [6.45, 7) is 5.92. The molecule has 60 valence electrons. The van der Waals surface area contributed by atoms with Crippen molar-refractivity contribution in [2.24, 2.45) is 5.16 Å². The van der Waals surface area contributed by atoms with Gasteiger partial charge in [0, 0.05) is 12.0 Å². The van der Waals surface area contributed by atoms with Gasteiger partial charge in [0.2, 0.25) is 0 Å². The molecule has 0 saturated heterocycles. The summed E-state index contributed by atoms with van der Waals surface area (Å²) in [7, 11) is 1.89. The number of rotatable bonds is 3. The van der Waals surface area contributed by atoms with Gasteiger partial charge in [0.15, 0.2) is 0 Å². The van der Waals surface area contributed by atoms with E-state index in [1.807, 2.05) is 7.05 Å². The van der Waals surface area contributed by atoms with Crippen molar-refractivity contribution in [3.8, 4) is 0 Å². The summed E-state index contributed by atoms with van der Waals surface area (Å²) in [6.07, 6.45) is 0.764. The maximum Gasteiger partial charge on any atom is 0.0558 e. The van der Waals surface area contributed by atoms with Gasteiger partial charge in [-0.3, -0.25) is 0 Å². The fourth-order valence-electron chi connectivity index (χ4n) is 0.763. The van der Waals surface area contributed by atoms with Gasteiger partial charge in [-0.1, -0.05) is 5.16 Å². The van der Waals surface area contributed by atoms with Gasteiger partial charge in [0.25, 0.3) is 0 Å². The van der Waals surface area contributed by atoms with E-state index < -0.39 is 0 Å². The molecule has 0 radical (unpaired) electrons. The van der Waals surface area contributed by atoms with Crippen LogP contribution < -0.4 is 5.32 Å². The topological polar surface area (TPSA) is 44.6 Å². The van der Waals surface area contributed by atoms with Crippen molar-refractivity contribution in [2.45, 2.75) is 32.7 Å². The molecular formula is C7H16N2O. The molecule has 0 aromatic rings. The molecule has 0 aliphatic heterocycles. The van der Waals surface area contributed by atoms with Crippen LogP contribution in [0.4, 0.5) is 0 Å². The first-order valence-electron chi connectivity index (χ1n) is 3.38. The highest BCUT2D eigenvalue weighted by atomic mass is 16.4. The van der Waals surface area contributed by atoms with E-state index in [0.29, 0.717) is 0 Å². The predicted molar refractivity (Wildman–Crippen MR) is 42.7 cm³/mol. The van der Waals surface area contributed by atoms with Gasteiger partial charge in [-0.05, 0) is 27.8 Å². The van der Waals surface area contributed by atoms with Crippen molar-refractivity contribution in [3.63, 3.8) is 0 Å². The maximum atomic E-state index is 8.35. The Balaban J connectivity index is 3.88. The van der Waals surface area contributed by atoms with Crippen molar-refractivity contribution in [1.82, 2.24) is 5.32 Å². The third kappa shape index (κ3) is 3.45.